The summed E-state index contributed by atoms with van der Waals surface area (Å²) in [5.41, 5.74) is 2.07. The molecule has 0 amide bonds. The SMILES string of the molecule is Cc1ccc(S(=O)(=O)NCc2cccc(CO)n2)cc1. The van der Waals surface area contributed by atoms with Crippen molar-refractivity contribution in [3.8, 4) is 0 Å². The lowest BCUT2D eigenvalue weighted by Crippen LogP contribution is -2.23. The lowest BCUT2D eigenvalue weighted by molar-refractivity contribution is 0.276. The summed E-state index contributed by atoms with van der Waals surface area (Å²) in [7, 11) is -3.55. The minimum absolute atomic E-state index is 0.0874. The summed E-state index contributed by atoms with van der Waals surface area (Å²) >= 11 is 0. The highest BCUT2D eigenvalue weighted by Gasteiger charge is 2.13. The molecule has 0 saturated heterocycles. The molecule has 1 heterocycles. The molecule has 1 aromatic heterocycles. The number of aromatic nitrogens is 1. The van der Waals surface area contributed by atoms with Crippen molar-refractivity contribution in [2.24, 2.45) is 0 Å². The number of aliphatic hydroxyl groups is 1. The zero-order valence-corrected chi connectivity index (χ0v) is 11.9. The van der Waals surface area contributed by atoms with Gasteiger partial charge >= 0.3 is 0 Å². The number of pyridine rings is 1. The summed E-state index contributed by atoms with van der Waals surface area (Å²) in [5, 5.41) is 8.99. The second kappa shape index (κ2) is 6.13. The Bertz CT molecular complexity index is 682. The lowest BCUT2D eigenvalue weighted by atomic mass is 10.2. The minimum atomic E-state index is -3.55. The molecule has 5 nitrogen and oxygen atoms in total. The van der Waals surface area contributed by atoms with E-state index in [0.717, 1.165) is 5.56 Å². The molecule has 0 aliphatic rings. The summed E-state index contributed by atoms with van der Waals surface area (Å²) in [6, 6.07) is 11.7. The molecular formula is C14H16N2O3S. The molecule has 2 aromatic rings. The Morgan fingerprint density at radius 3 is 2.40 bits per heavy atom. The van der Waals surface area contributed by atoms with Crippen molar-refractivity contribution in [3.05, 3.63) is 59.4 Å². The molecule has 0 aliphatic carbocycles. The van der Waals surface area contributed by atoms with Gasteiger partial charge in [0.25, 0.3) is 0 Å². The average molecular weight is 292 g/mol. The van der Waals surface area contributed by atoms with E-state index in [1.165, 1.54) is 0 Å². The van der Waals surface area contributed by atoms with Gasteiger partial charge in [-0.2, -0.15) is 0 Å². The van der Waals surface area contributed by atoms with E-state index in [0.29, 0.717) is 11.4 Å². The Morgan fingerprint density at radius 2 is 1.75 bits per heavy atom. The Kier molecular flexibility index (Phi) is 4.49. The Balaban J connectivity index is 2.10. The standard InChI is InChI=1S/C14H16N2O3S/c1-11-5-7-14(8-6-11)20(18,19)15-9-12-3-2-4-13(10-17)16-12/h2-8,15,17H,9-10H2,1H3. The Labute approximate surface area is 118 Å². The van der Waals surface area contributed by atoms with E-state index in [4.69, 9.17) is 5.11 Å². The normalized spacial score (nSPS) is 11.5. The topological polar surface area (TPSA) is 79.3 Å². The van der Waals surface area contributed by atoms with Gasteiger partial charge in [0.15, 0.2) is 0 Å². The smallest absolute Gasteiger partial charge is 0.240 e. The van der Waals surface area contributed by atoms with Crippen molar-refractivity contribution in [1.82, 2.24) is 9.71 Å². The number of nitrogens with zero attached hydrogens (tertiary/aromatic N) is 1. The molecule has 6 heteroatoms. The number of hydrogen-bond acceptors (Lipinski definition) is 4. The first-order valence-electron chi connectivity index (χ1n) is 6.13. The minimum Gasteiger partial charge on any atom is -0.390 e. The van der Waals surface area contributed by atoms with Crippen molar-refractivity contribution in [2.45, 2.75) is 25.0 Å². The number of aryl methyl sites for hydroxylation is 1. The first-order chi connectivity index (χ1) is 9.51. The molecule has 0 spiro atoms. The van der Waals surface area contributed by atoms with Crippen LogP contribution in [-0.2, 0) is 23.2 Å². The van der Waals surface area contributed by atoms with Crippen LogP contribution >= 0.6 is 0 Å². The highest BCUT2D eigenvalue weighted by molar-refractivity contribution is 7.89. The molecule has 0 radical (unpaired) electrons. The van der Waals surface area contributed by atoms with Gasteiger partial charge in [-0.25, -0.2) is 13.1 Å². The summed E-state index contributed by atoms with van der Waals surface area (Å²) in [4.78, 5) is 4.35. The number of nitrogens with one attached hydrogen (secondary N) is 1. The monoisotopic (exact) mass is 292 g/mol. The molecule has 0 aliphatic heterocycles. The maximum atomic E-state index is 12.1. The molecule has 0 saturated carbocycles. The van der Waals surface area contributed by atoms with E-state index >= 15 is 0 Å². The van der Waals surface area contributed by atoms with E-state index in [2.05, 4.69) is 9.71 Å². The predicted molar refractivity (Wildman–Crippen MR) is 75.4 cm³/mol. The second-order valence-electron chi connectivity index (χ2n) is 4.42. The summed E-state index contributed by atoms with van der Waals surface area (Å²) in [5.74, 6) is 0. The van der Waals surface area contributed by atoms with Gasteiger partial charge in [0, 0.05) is 0 Å². The second-order valence-corrected chi connectivity index (χ2v) is 6.18. The third-order valence-corrected chi connectivity index (χ3v) is 4.22. The van der Waals surface area contributed by atoms with Crippen LogP contribution in [0.15, 0.2) is 47.4 Å². The van der Waals surface area contributed by atoms with Crippen molar-refractivity contribution in [1.29, 1.82) is 0 Å². The molecule has 0 atom stereocenters. The van der Waals surface area contributed by atoms with E-state index in [9.17, 15) is 8.42 Å². The van der Waals surface area contributed by atoms with Gasteiger partial charge in [-0.05, 0) is 31.2 Å². The maximum Gasteiger partial charge on any atom is 0.240 e. The van der Waals surface area contributed by atoms with E-state index in [1.807, 2.05) is 6.92 Å². The van der Waals surface area contributed by atoms with Crippen LogP contribution in [0.2, 0.25) is 0 Å². The fraction of sp³-hybridized carbons (Fsp3) is 0.214. The number of rotatable bonds is 5. The molecule has 0 unspecified atom stereocenters. The summed E-state index contributed by atoms with van der Waals surface area (Å²) < 4.78 is 26.7. The fourth-order valence-corrected chi connectivity index (χ4v) is 2.68. The number of hydrogen-bond donors (Lipinski definition) is 2. The average Bonchev–Trinajstić information content (AvgIpc) is 2.46. The highest BCUT2D eigenvalue weighted by atomic mass is 32.2. The third kappa shape index (κ3) is 3.63. The van der Waals surface area contributed by atoms with Crippen molar-refractivity contribution < 1.29 is 13.5 Å². The van der Waals surface area contributed by atoms with Crippen LogP contribution in [0.4, 0.5) is 0 Å². The van der Waals surface area contributed by atoms with Crippen LogP contribution in [-0.4, -0.2) is 18.5 Å². The van der Waals surface area contributed by atoms with Crippen molar-refractivity contribution >= 4 is 10.0 Å². The van der Waals surface area contributed by atoms with Gasteiger partial charge in [-0.15, -0.1) is 0 Å². The lowest BCUT2D eigenvalue weighted by Gasteiger charge is -2.07. The van der Waals surface area contributed by atoms with E-state index < -0.39 is 10.0 Å². The first-order valence-corrected chi connectivity index (χ1v) is 7.61. The third-order valence-electron chi connectivity index (χ3n) is 2.80. The van der Waals surface area contributed by atoms with Crippen molar-refractivity contribution in [3.63, 3.8) is 0 Å². The van der Waals surface area contributed by atoms with E-state index in [1.54, 1.807) is 42.5 Å². The number of aliphatic hydroxyl groups excluding tert-OH is 1. The molecule has 0 bridgehead atoms. The molecule has 20 heavy (non-hydrogen) atoms. The molecule has 1 aromatic carbocycles. The van der Waals surface area contributed by atoms with Gasteiger partial charge < -0.3 is 5.11 Å². The highest BCUT2D eigenvalue weighted by Crippen LogP contribution is 2.10. The van der Waals surface area contributed by atoms with Crippen LogP contribution in [0.5, 0.6) is 0 Å². The van der Waals surface area contributed by atoms with Crippen molar-refractivity contribution in [2.75, 3.05) is 0 Å². The Hall–Kier alpha value is -1.76. The van der Waals surface area contributed by atoms with Crippen LogP contribution in [0.25, 0.3) is 0 Å². The maximum absolute atomic E-state index is 12.1. The zero-order valence-electron chi connectivity index (χ0n) is 11.1. The molecule has 0 fully saturated rings. The Morgan fingerprint density at radius 1 is 1.10 bits per heavy atom. The molecule has 2 rings (SSSR count). The van der Waals surface area contributed by atoms with Gasteiger partial charge in [0.05, 0.1) is 29.4 Å². The molecule has 2 N–H and O–H groups in total. The van der Waals surface area contributed by atoms with E-state index in [-0.39, 0.29) is 18.0 Å². The molecule has 106 valence electrons. The summed E-state index contributed by atoms with van der Waals surface area (Å²) in [6.45, 7) is 1.82. The number of benzene rings is 1. The molecular weight excluding hydrogens is 276 g/mol. The quantitative estimate of drug-likeness (QED) is 0.872. The number of sulfonamides is 1. The van der Waals surface area contributed by atoms with Crippen LogP contribution < -0.4 is 4.72 Å². The zero-order chi connectivity index (χ0) is 14.6. The van der Waals surface area contributed by atoms with Gasteiger partial charge in [0.2, 0.25) is 10.0 Å². The van der Waals surface area contributed by atoms with Gasteiger partial charge in [-0.1, -0.05) is 23.8 Å². The van der Waals surface area contributed by atoms with Gasteiger partial charge in [-0.3, -0.25) is 4.98 Å². The first kappa shape index (κ1) is 14.6. The van der Waals surface area contributed by atoms with Crippen LogP contribution in [0.3, 0.4) is 0 Å². The van der Waals surface area contributed by atoms with Crippen LogP contribution in [0.1, 0.15) is 17.0 Å². The summed E-state index contributed by atoms with van der Waals surface area (Å²) in [6.07, 6.45) is 0. The van der Waals surface area contributed by atoms with Gasteiger partial charge in [0.1, 0.15) is 0 Å². The fourth-order valence-electron chi connectivity index (χ4n) is 1.69. The van der Waals surface area contributed by atoms with Crippen LogP contribution in [0, 0.1) is 6.92 Å². The largest absolute Gasteiger partial charge is 0.390 e. The predicted octanol–water partition coefficient (Wildman–Crippen LogP) is 1.36.